The van der Waals surface area contributed by atoms with Gasteiger partial charge in [-0.1, -0.05) is 12.2 Å². The zero-order chi connectivity index (χ0) is 10.1. The molecule has 0 aromatic carbocycles. The van der Waals surface area contributed by atoms with Crippen molar-refractivity contribution < 1.29 is 19.1 Å². The van der Waals surface area contributed by atoms with Crippen LogP contribution < -0.4 is 0 Å². The maximum absolute atomic E-state index is 11.3. The van der Waals surface area contributed by atoms with Gasteiger partial charge in [-0.3, -0.25) is 9.59 Å². The second kappa shape index (κ2) is 3.44. The molecule has 1 aliphatic heterocycles. The number of hydrogen-bond donors (Lipinski definition) is 0. The van der Waals surface area contributed by atoms with Crippen molar-refractivity contribution >= 4 is 11.9 Å². The standard InChI is InChI=1S/C10H12O4/c1-13-9(11)6-2-3-7-5-14-10(12)8(7)4-6/h2-3,6-8H,4-5H2,1H3/t6-,7-,8+/m1/s1. The molecule has 1 heterocycles. The van der Waals surface area contributed by atoms with Crippen molar-refractivity contribution in [1.29, 1.82) is 0 Å². The van der Waals surface area contributed by atoms with Gasteiger partial charge in [0.25, 0.3) is 0 Å². The predicted octanol–water partition coefficient (Wildman–Crippen LogP) is 0.525. The minimum Gasteiger partial charge on any atom is -0.469 e. The highest BCUT2D eigenvalue weighted by Crippen LogP contribution is 2.34. The monoisotopic (exact) mass is 196 g/mol. The van der Waals surface area contributed by atoms with E-state index in [-0.39, 0.29) is 29.7 Å². The van der Waals surface area contributed by atoms with Crippen molar-refractivity contribution in [3.8, 4) is 0 Å². The summed E-state index contributed by atoms with van der Waals surface area (Å²) < 4.78 is 9.55. The molecule has 1 saturated heterocycles. The van der Waals surface area contributed by atoms with E-state index in [0.29, 0.717) is 13.0 Å². The fourth-order valence-corrected chi connectivity index (χ4v) is 1.99. The highest BCUT2D eigenvalue weighted by atomic mass is 16.5. The van der Waals surface area contributed by atoms with Gasteiger partial charge in [-0.15, -0.1) is 0 Å². The molecule has 0 aromatic rings. The van der Waals surface area contributed by atoms with Crippen LogP contribution in [0.15, 0.2) is 12.2 Å². The lowest BCUT2D eigenvalue weighted by molar-refractivity contribution is -0.146. The number of fused-ring (bicyclic) bond motifs is 1. The van der Waals surface area contributed by atoms with Gasteiger partial charge in [0.15, 0.2) is 0 Å². The second-order valence-corrected chi connectivity index (χ2v) is 3.65. The summed E-state index contributed by atoms with van der Waals surface area (Å²) >= 11 is 0. The van der Waals surface area contributed by atoms with E-state index in [4.69, 9.17) is 4.74 Å². The SMILES string of the molecule is COC(=O)[C@@H]1C=C[C@@H]2COC(=O)[C@H]2C1. The van der Waals surface area contributed by atoms with Gasteiger partial charge in [-0.2, -0.15) is 0 Å². The van der Waals surface area contributed by atoms with Crippen molar-refractivity contribution in [3.05, 3.63) is 12.2 Å². The first-order chi connectivity index (χ1) is 6.72. The first-order valence-corrected chi connectivity index (χ1v) is 4.65. The molecule has 0 bridgehead atoms. The number of cyclic esters (lactones) is 1. The second-order valence-electron chi connectivity index (χ2n) is 3.65. The van der Waals surface area contributed by atoms with Crippen LogP contribution in [0.5, 0.6) is 0 Å². The third-order valence-electron chi connectivity index (χ3n) is 2.84. The molecule has 0 unspecified atom stereocenters. The molecule has 0 amide bonds. The summed E-state index contributed by atoms with van der Waals surface area (Å²) in [4.78, 5) is 22.5. The maximum Gasteiger partial charge on any atom is 0.312 e. The lowest BCUT2D eigenvalue weighted by Gasteiger charge is -2.21. The Labute approximate surface area is 81.9 Å². The Bertz CT molecular complexity index is 294. The van der Waals surface area contributed by atoms with Crippen molar-refractivity contribution in [3.63, 3.8) is 0 Å². The molecule has 76 valence electrons. The van der Waals surface area contributed by atoms with Crippen LogP contribution in [0.1, 0.15) is 6.42 Å². The highest BCUT2D eigenvalue weighted by molar-refractivity contribution is 5.79. The zero-order valence-electron chi connectivity index (χ0n) is 7.93. The Morgan fingerprint density at radius 1 is 1.57 bits per heavy atom. The average Bonchev–Trinajstić information content (AvgIpc) is 2.59. The van der Waals surface area contributed by atoms with Crippen LogP contribution in [0.3, 0.4) is 0 Å². The number of rotatable bonds is 1. The molecule has 14 heavy (non-hydrogen) atoms. The van der Waals surface area contributed by atoms with Crippen molar-refractivity contribution in [2.75, 3.05) is 13.7 Å². The Morgan fingerprint density at radius 3 is 3.07 bits per heavy atom. The fourth-order valence-electron chi connectivity index (χ4n) is 1.99. The minimum atomic E-state index is -0.285. The van der Waals surface area contributed by atoms with Crippen molar-refractivity contribution in [2.45, 2.75) is 6.42 Å². The lowest BCUT2D eigenvalue weighted by Crippen LogP contribution is -2.26. The summed E-state index contributed by atoms with van der Waals surface area (Å²) in [5.41, 5.74) is 0. The molecule has 0 radical (unpaired) electrons. The van der Waals surface area contributed by atoms with Gasteiger partial charge in [0, 0.05) is 5.92 Å². The van der Waals surface area contributed by atoms with Gasteiger partial charge >= 0.3 is 11.9 Å². The molecule has 2 rings (SSSR count). The van der Waals surface area contributed by atoms with Gasteiger partial charge < -0.3 is 9.47 Å². The van der Waals surface area contributed by atoms with Gasteiger partial charge in [-0.05, 0) is 6.42 Å². The molecule has 4 heteroatoms. The number of carbonyl (C=O) groups is 2. The van der Waals surface area contributed by atoms with E-state index in [0.717, 1.165) is 0 Å². The summed E-state index contributed by atoms with van der Waals surface area (Å²) in [6, 6.07) is 0. The Kier molecular flexibility index (Phi) is 2.27. The first-order valence-electron chi connectivity index (χ1n) is 4.65. The molecule has 0 N–H and O–H groups in total. The van der Waals surface area contributed by atoms with E-state index in [1.54, 1.807) is 0 Å². The topological polar surface area (TPSA) is 52.6 Å². The molecule has 1 fully saturated rings. The van der Waals surface area contributed by atoms with Crippen LogP contribution in [-0.2, 0) is 19.1 Å². The summed E-state index contributed by atoms with van der Waals surface area (Å²) in [6.45, 7) is 0.452. The van der Waals surface area contributed by atoms with Crippen LogP contribution in [0.4, 0.5) is 0 Å². The zero-order valence-corrected chi connectivity index (χ0v) is 7.93. The van der Waals surface area contributed by atoms with Crippen LogP contribution in [0.2, 0.25) is 0 Å². The molecule has 1 aliphatic carbocycles. The van der Waals surface area contributed by atoms with E-state index < -0.39 is 0 Å². The third kappa shape index (κ3) is 1.41. The summed E-state index contributed by atoms with van der Waals surface area (Å²) in [5, 5.41) is 0. The Morgan fingerprint density at radius 2 is 2.36 bits per heavy atom. The predicted molar refractivity (Wildman–Crippen MR) is 47.2 cm³/mol. The van der Waals surface area contributed by atoms with Gasteiger partial charge in [0.1, 0.15) is 0 Å². The fraction of sp³-hybridized carbons (Fsp3) is 0.600. The summed E-state index contributed by atoms with van der Waals surface area (Å²) in [5.74, 6) is -0.743. The van der Waals surface area contributed by atoms with Crippen molar-refractivity contribution in [2.24, 2.45) is 17.8 Å². The molecule has 2 aliphatic rings. The first kappa shape index (κ1) is 9.24. The highest BCUT2D eigenvalue weighted by Gasteiger charge is 2.40. The normalized spacial score (nSPS) is 34.9. The van der Waals surface area contributed by atoms with Crippen LogP contribution in [0.25, 0.3) is 0 Å². The van der Waals surface area contributed by atoms with E-state index in [1.165, 1.54) is 7.11 Å². The van der Waals surface area contributed by atoms with Gasteiger partial charge in [0.2, 0.25) is 0 Å². The summed E-state index contributed by atoms with van der Waals surface area (Å²) in [7, 11) is 1.36. The van der Waals surface area contributed by atoms with Gasteiger partial charge in [-0.25, -0.2) is 0 Å². The van der Waals surface area contributed by atoms with Crippen LogP contribution >= 0.6 is 0 Å². The van der Waals surface area contributed by atoms with E-state index >= 15 is 0 Å². The maximum atomic E-state index is 11.3. The molecule has 0 aromatic heterocycles. The molecule has 0 spiro atoms. The summed E-state index contributed by atoms with van der Waals surface area (Å²) in [6.07, 6.45) is 4.22. The van der Waals surface area contributed by atoms with E-state index in [9.17, 15) is 9.59 Å². The number of ether oxygens (including phenoxy) is 2. The van der Waals surface area contributed by atoms with Gasteiger partial charge in [0.05, 0.1) is 25.6 Å². The number of methoxy groups -OCH3 is 1. The number of esters is 2. The third-order valence-corrected chi connectivity index (χ3v) is 2.84. The molecular formula is C10H12O4. The Balaban J connectivity index is 2.11. The smallest absolute Gasteiger partial charge is 0.312 e. The largest absolute Gasteiger partial charge is 0.469 e. The molecule has 0 saturated carbocycles. The quantitative estimate of drug-likeness (QED) is 0.453. The van der Waals surface area contributed by atoms with Crippen LogP contribution in [0, 0.1) is 17.8 Å². The lowest BCUT2D eigenvalue weighted by atomic mass is 9.81. The van der Waals surface area contributed by atoms with Crippen molar-refractivity contribution in [1.82, 2.24) is 0 Å². The number of carbonyl (C=O) groups excluding carboxylic acids is 2. The molecular weight excluding hydrogens is 184 g/mol. The minimum absolute atomic E-state index is 0.149. The van der Waals surface area contributed by atoms with Crippen LogP contribution in [-0.4, -0.2) is 25.7 Å². The number of hydrogen-bond acceptors (Lipinski definition) is 4. The Hall–Kier alpha value is -1.32. The van der Waals surface area contributed by atoms with E-state index in [2.05, 4.69) is 4.74 Å². The average molecular weight is 196 g/mol. The molecule has 4 nitrogen and oxygen atoms in total. The molecule has 3 atom stereocenters. The van der Waals surface area contributed by atoms with E-state index in [1.807, 2.05) is 12.2 Å².